The van der Waals surface area contributed by atoms with Crippen molar-refractivity contribution < 1.29 is 22.3 Å². The molecule has 0 saturated heterocycles. The van der Waals surface area contributed by atoms with E-state index < -0.39 is 21.8 Å². The number of anilines is 1. The Balaban J connectivity index is 2.42. The minimum atomic E-state index is -3.57. The molecule has 0 unspecified atom stereocenters. The van der Waals surface area contributed by atoms with Gasteiger partial charge in [0.1, 0.15) is 0 Å². The molecular weight excluding hydrogens is 333 g/mol. The first kappa shape index (κ1) is 18.7. The van der Waals surface area contributed by atoms with Gasteiger partial charge in [0.05, 0.1) is 25.0 Å². The maximum Gasteiger partial charge on any atom is 0.310 e. The second-order valence-electron chi connectivity index (χ2n) is 6.19. The number of rotatable bonds is 6. The smallest absolute Gasteiger partial charge is 0.310 e. The third kappa shape index (κ3) is 4.93. The number of sulfonamides is 1. The standard InChI is InChI=1S/C17H24FNO4S/c1-3-23-15(20)11-13-9-10-14(19-24(2,21)22)17(18)16(13)12-7-5-4-6-8-12/h9-10,12,19H,3-8,11H2,1-2H3. The highest BCUT2D eigenvalue weighted by Gasteiger charge is 2.25. The van der Waals surface area contributed by atoms with Crippen molar-refractivity contribution >= 4 is 21.7 Å². The van der Waals surface area contributed by atoms with Crippen LogP contribution >= 0.6 is 0 Å². The van der Waals surface area contributed by atoms with E-state index in [1.807, 2.05) is 0 Å². The lowest BCUT2D eigenvalue weighted by molar-refractivity contribution is -0.142. The Morgan fingerprint density at radius 1 is 1.29 bits per heavy atom. The Morgan fingerprint density at radius 2 is 1.96 bits per heavy atom. The Labute approximate surface area is 142 Å². The minimum absolute atomic E-state index is 0.00415. The third-order valence-electron chi connectivity index (χ3n) is 4.22. The van der Waals surface area contributed by atoms with E-state index in [9.17, 15) is 13.2 Å². The Bertz CT molecular complexity index is 697. The molecule has 0 heterocycles. The van der Waals surface area contributed by atoms with Gasteiger partial charge in [0.15, 0.2) is 5.82 Å². The van der Waals surface area contributed by atoms with Crippen LogP contribution in [0.4, 0.5) is 10.1 Å². The Morgan fingerprint density at radius 3 is 2.54 bits per heavy atom. The molecule has 0 aliphatic heterocycles. The van der Waals surface area contributed by atoms with Gasteiger partial charge >= 0.3 is 5.97 Å². The summed E-state index contributed by atoms with van der Waals surface area (Å²) in [5, 5.41) is 0. The molecule has 0 radical (unpaired) electrons. The van der Waals surface area contributed by atoms with Crippen molar-refractivity contribution in [1.82, 2.24) is 0 Å². The number of halogens is 1. The van der Waals surface area contributed by atoms with Crippen molar-refractivity contribution in [2.45, 2.75) is 51.4 Å². The zero-order valence-electron chi connectivity index (χ0n) is 14.1. The molecule has 24 heavy (non-hydrogen) atoms. The fourth-order valence-electron chi connectivity index (χ4n) is 3.27. The number of hydrogen-bond acceptors (Lipinski definition) is 4. The lowest BCUT2D eigenvalue weighted by Gasteiger charge is -2.25. The quantitative estimate of drug-likeness (QED) is 0.793. The molecule has 0 aromatic heterocycles. The van der Waals surface area contributed by atoms with Crippen LogP contribution in [-0.4, -0.2) is 27.2 Å². The molecule has 1 aliphatic rings. The summed E-state index contributed by atoms with van der Waals surface area (Å²) in [4.78, 5) is 11.8. The first-order valence-electron chi connectivity index (χ1n) is 8.26. The van der Waals surface area contributed by atoms with Crippen LogP contribution in [0.1, 0.15) is 56.1 Å². The zero-order chi connectivity index (χ0) is 17.7. The second kappa shape index (κ2) is 7.96. The maximum atomic E-state index is 15.0. The number of nitrogens with one attached hydrogen (secondary N) is 1. The van der Waals surface area contributed by atoms with Crippen molar-refractivity contribution in [2.75, 3.05) is 17.6 Å². The molecule has 1 aromatic carbocycles. The molecule has 0 spiro atoms. The highest BCUT2D eigenvalue weighted by Crippen LogP contribution is 2.38. The van der Waals surface area contributed by atoms with Gasteiger partial charge in [-0.2, -0.15) is 0 Å². The van der Waals surface area contributed by atoms with E-state index in [4.69, 9.17) is 4.74 Å². The molecule has 0 atom stereocenters. The minimum Gasteiger partial charge on any atom is -0.466 e. The topological polar surface area (TPSA) is 72.5 Å². The van der Waals surface area contributed by atoms with E-state index in [1.54, 1.807) is 13.0 Å². The van der Waals surface area contributed by atoms with Crippen molar-refractivity contribution in [3.63, 3.8) is 0 Å². The molecule has 5 nitrogen and oxygen atoms in total. The van der Waals surface area contributed by atoms with Gasteiger partial charge in [-0.15, -0.1) is 0 Å². The van der Waals surface area contributed by atoms with Crippen LogP contribution in [0.2, 0.25) is 0 Å². The lowest BCUT2D eigenvalue weighted by atomic mass is 9.81. The molecule has 1 aliphatic carbocycles. The van der Waals surface area contributed by atoms with Crippen LogP contribution < -0.4 is 4.72 Å². The van der Waals surface area contributed by atoms with Gasteiger partial charge in [0.25, 0.3) is 0 Å². The highest BCUT2D eigenvalue weighted by molar-refractivity contribution is 7.92. The average molecular weight is 357 g/mol. The monoisotopic (exact) mass is 357 g/mol. The van der Waals surface area contributed by atoms with Crippen LogP contribution in [0.3, 0.4) is 0 Å². The molecule has 1 aromatic rings. The molecule has 134 valence electrons. The summed E-state index contributed by atoms with van der Waals surface area (Å²) in [5.41, 5.74) is 0.971. The molecule has 0 amide bonds. The summed E-state index contributed by atoms with van der Waals surface area (Å²) >= 11 is 0. The van der Waals surface area contributed by atoms with Gasteiger partial charge in [0, 0.05) is 0 Å². The second-order valence-corrected chi connectivity index (χ2v) is 7.94. The largest absolute Gasteiger partial charge is 0.466 e. The summed E-state index contributed by atoms with van der Waals surface area (Å²) in [6.07, 6.45) is 5.80. The number of benzene rings is 1. The highest BCUT2D eigenvalue weighted by atomic mass is 32.2. The fraction of sp³-hybridized carbons (Fsp3) is 0.588. The molecule has 1 N–H and O–H groups in total. The predicted molar refractivity (Wildman–Crippen MR) is 91.0 cm³/mol. The van der Waals surface area contributed by atoms with E-state index in [0.717, 1.165) is 38.4 Å². The van der Waals surface area contributed by atoms with Gasteiger partial charge < -0.3 is 4.74 Å². The van der Waals surface area contributed by atoms with Crippen molar-refractivity contribution in [2.24, 2.45) is 0 Å². The normalized spacial score (nSPS) is 16.0. The summed E-state index contributed by atoms with van der Waals surface area (Å²) in [6.45, 7) is 1.99. The van der Waals surface area contributed by atoms with Gasteiger partial charge in [0.2, 0.25) is 10.0 Å². The average Bonchev–Trinajstić information content (AvgIpc) is 2.50. The fourth-order valence-corrected chi connectivity index (χ4v) is 3.82. The van der Waals surface area contributed by atoms with E-state index in [-0.39, 0.29) is 24.6 Å². The lowest BCUT2D eigenvalue weighted by Crippen LogP contribution is -2.17. The number of ether oxygens (including phenoxy) is 1. The molecule has 2 rings (SSSR count). The number of carbonyl (C=O) groups is 1. The summed E-state index contributed by atoms with van der Waals surface area (Å²) in [6, 6.07) is 2.99. The van der Waals surface area contributed by atoms with Crippen molar-refractivity contribution in [3.05, 3.63) is 29.1 Å². The summed E-state index contributed by atoms with van der Waals surface area (Å²) in [5.74, 6) is -0.976. The SMILES string of the molecule is CCOC(=O)Cc1ccc(NS(C)(=O)=O)c(F)c1C1CCCCC1. The van der Waals surface area contributed by atoms with E-state index in [2.05, 4.69) is 4.72 Å². The van der Waals surface area contributed by atoms with Gasteiger partial charge in [-0.05, 0) is 42.9 Å². The van der Waals surface area contributed by atoms with E-state index >= 15 is 4.39 Å². The maximum absolute atomic E-state index is 15.0. The molecule has 0 bridgehead atoms. The van der Waals surface area contributed by atoms with Gasteiger partial charge in [-0.1, -0.05) is 25.3 Å². The molecular formula is C17H24FNO4S. The Kier molecular flexibility index (Phi) is 6.21. The molecule has 7 heteroatoms. The number of esters is 1. The van der Waals surface area contributed by atoms with E-state index in [1.165, 1.54) is 6.07 Å². The molecule has 1 fully saturated rings. The van der Waals surface area contributed by atoms with Crippen LogP contribution in [0.25, 0.3) is 0 Å². The van der Waals surface area contributed by atoms with Crippen molar-refractivity contribution in [1.29, 1.82) is 0 Å². The summed E-state index contributed by atoms with van der Waals surface area (Å²) in [7, 11) is -3.57. The third-order valence-corrected chi connectivity index (χ3v) is 4.81. The van der Waals surface area contributed by atoms with Crippen molar-refractivity contribution in [3.8, 4) is 0 Å². The number of hydrogen-bond donors (Lipinski definition) is 1. The summed E-state index contributed by atoms with van der Waals surface area (Å²) < 4.78 is 45.1. The Hall–Kier alpha value is -1.63. The van der Waals surface area contributed by atoms with Crippen LogP contribution in [0.15, 0.2) is 12.1 Å². The van der Waals surface area contributed by atoms with Crippen LogP contribution in [0.5, 0.6) is 0 Å². The number of carbonyl (C=O) groups excluding carboxylic acids is 1. The zero-order valence-corrected chi connectivity index (χ0v) is 14.9. The van der Waals surface area contributed by atoms with Crippen LogP contribution in [0, 0.1) is 5.82 Å². The van der Waals surface area contributed by atoms with E-state index in [0.29, 0.717) is 11.1 Å². The first-order chi connectivity index (χ1) is 11.3. The molecule has 1 saturated carbocycles. The predicted octanol–water partition coefficient (Wildman–Crippen LogP) is 3.35. The van der Waals surface area contributed by atoms with Crippen LogP contribution in [-0.2, 0) is 26.0 Å². The van der Waals surface area contributed by atoms with Gasteiger partial charge in [-0.25, -0.2) is 12.8 Å². The van der Waals surface area contributed by atoms with Gasteiger partial charge in [-0.3, -0.25) is 9.52 Å². The first-order valence-corrected chi connectivity index (χ1v) is 10.2.